The highest BCUT2D eigenvalue weighted by Crippen LogP contribution is 2.39. The van der Waals surface area contributed by atoms with Gasteiger partial charge in [0.1, 0.15) is 17.2 Å². The van der Waals surface area contributed by atoms with Gasteiger partial charge in [-0.15, -0.1) is 0 Å². The molecule has 1 aromatic heterocycles. The van der Waals surface area contributed by atoms with Gasteiger partial charge in [-0.2, -0.15) is 0 Å². The Bertz CT molecular complexity index is 1110. The third kappa shape index (κ3) is 4.06. The largest absolute Gasteiger partial charge is 0.494 e. The van der Waals surface area contributed by atoms with Crippen LogP contribution in [0.15, 0.2) is 42.6 Å². The van der Waals surface area contributed by atoms with E-state index >= 15 is 0 Å². The van der Waals surface area contributed by atoms with E-state index in [1.807, 2.05) is 0 Å². The maximum absolute atomic E-state index is 11.9. The minimum atomic E-state index is -0.323. The number of nitrogens with two attached hydrogens (primary N) is 1. The van der Waals surface area contributed by atoms with Crippen molar-refractivity contribution < 1.29 is 23.7 Å². The number of thiocarbonyl (C=S) groups is 1. The Kier molecular flexibility index (Phi) is 6.22. The average Bonchev–Trinajstić information content (AvgIpc) is 2.73. The van der Waals surface area contributed by atoms with Crippen molar-refractivity contribution in [1.29, 1.82) is 0 Å². The molecule has 1 heterocycles. The van der Waals surface area contributed by atoms with Crippen molar-refractivity contribution in [3.8, 4) is 28.7 Å². The molecule has 30 heavy (non-hydrogen) atoms. The zero-order chi connectivity index (χ0) is 21.8. The Morgan fingerprint density at radius 3 is 2.23 bits per heavy atom. The van der Waals surface area contributed by atoms with Crippen LogP contribution in [-0.4, -0.2) is 37.3 Å². The number of methoxy groups -OCH3 is 3. The SMILES string of the molecule is COc1cc2nccc(Oc3ccc(N(C(C)=O)C(N)=S)c(OC)c3)c2cc1OC. The summed E-state index contributed by atoms with van der Waals surface area (Å²) in [7, 11) is 4.61. The first-order valence-electron chi connectivity index (χ1n) is 8.86. The van der Waals surface area contributed by atoms with Gasteiger partial charge in [0.2, 0.25) is 5.91 Å². The molecule has 9 heteroatoms. The van der Waals surface area contributed by atoms with Crippen LogP contribution in [0.1, 0.15) is 6.92 Å². The van der Waals surface area contributed by atoms with E-state index in [4.69, 9.17) is 36.9 Å². The van der Waals surface area contributed by atoms with Crippen LogP contribution in [0.4, 0.5) is 5.69 Å². The Balaban J connectivity index is 2.03. The quantitative estimate of drug-likeness (QED) is 0.596. The van der Waals surface area contributed by atoms with E-state index in [1.165, 1.54) is 18.9 Å². The Morgan fingerprint density at radius 2 is 1.63 bits per heavy atom. The molecule has 0 fully saturated rings. The second-order valence-electron chi connectivity index (χ2n) is 6.16. The van der Waals surface area contributed by atoms with Gasteiger partial charge >= 0.3 is 0 Å². The highest BCUT2D eigenvalue weighted by atomic mass is 32.1. The van der Waals surface area contributed by atoms with Crippen LogP contribution in [0.2, 0.25) is 0 Å². The second kappa shape index (κ2) is 8.83. The van der Waals surface area contributed by atoms with Gasteiger partial charge in [0.05, 0.1) is 32.5 Å². The summed E-state index contributed by atoms with van der Waals surface area (Å²) >= 11 is 4.98. The lowest BCUT2D eigenvalue weighted by Crippen LogP contribution is -2.39. The zero-order valence-corrected chi connectivity index (χ0v) is 17.8. The van der Waals surface area contributed by atoms with Crippen molar-refractivity contribution in [3.05, 3.63) is 42.6 Å². The summed E-state index contributed by atoms with van der Waals surface area (Å²) < 4.78 is 22.2. The molecule has 0 bridgehead atoms. The van der Waals surface area contributed by atoms with E-state index in [0.29, 0.717) is 40.0 Å². The van der Waals surface area contributed by atoms with Gasteiger partial charge in [-0.05, 0) is 36.5 Å². The highest BCUT2D eigenvalue weighted by molar-refractivity contribution is 7.80. The van der Waals surface area contributed by atoms with Crippen LogP contribution in [-0.2, 0) is 4.79 Å². The van der Waals surface area contributed by atoms with E-state index in [-0.39, 0.29) is 11.0 Å². The first-order valence-corrected chi connectivity index (χ1v) is 9.27. The summed E-state index contributed by atoms with van der Waals surface area (Å²) in [6.45, 7) is 1.37. The third-order valence-corrected chi connectivity index (χ3v) is 4.54. The van der Waals surface area contributed by atoms with E-state index in [9.17, 15) is 4.79 Å². The normalized spacial score (nSPS) is 10.4. The van der Waals surface area contributed by atoms with Gasteiger partial charge < -0.3 is 24.7 Å². The molecule has 0 saturated heterocycles. The van der Waals surface area contributed by atoms with Crippen LogP contribution >= 0.6 is 12.2 Å². The molecule has 156 valence electrons. The fourth-order valence-corrected chi connectivity index (χ4v) is 3.24. The molecule has 2 aromatic carbocycles. The minimum absolute atomic E-state index is 0.0735. The van der Waals surface area contributed by atoms with Gasteiger partial charge in [0.25, 0.3) is 0 Å². The summed E-state index contributed by atoms with van der Waals surface area (Å²) in [5, 5.41) is 0.669. The first-order chi connectivity index (χ1) is 14.4. The van der Waals surface area contributed by atoms with Gasteiger partial charge in [-0.25, -0.2) is 0 Å². The van der Waals surface area contributed by atoms with Crippen LogP contribution in [0.5, 0.6) is 28.7 Å². The predicted molar refractivity (Wildman–Crippen MR) is 118 cm³/mol. The van der Waals surface area contributed by atoms with Gasteiger partial charge in [-0.1, -0.05) is 0 Å². The number of pyridine rings is 1. The molecular formula is C21H21N3O5S. The molecule has 8 nitrogen and oxygen atoms in total. The second-order valence-corrected chi connectivity index (χ2v) is 6.58. The van der Waals surface area contributed by atoms with Crippen LogP contribution < -0.4 is 29.6 Å². The van der Waals surface area contributed by atoms with Crippen molar-refractivity contribution in [2.24, 2.45) is 5.73 Å². The topological polar surface area (TPSA) is 96.1 Å². The Hall–Kier alpha value is -3.59. The lowest BCUT2D eigenvalue weighted by atomic mass is 10.1. The molecule has 0 aliphatic rings. The average molecular weight is 427 g/mol. The lowest BCUT2D eigenvalue weighted by molar-refractivity contribution is -0.115. The first kappa shape index (κ1) is 21.1. The van der Waals surface area contributed by atoms with Crippen LogP contribution in [0.3, 0.4) is 0 Å². The van der Waals surface area contributed by atoms with Crippen molar-refractivity contribution in [2.45, 2.75) is 6.92 Å². The molecule has 2 N–H and O–H groups in total. The number of amides is 1. The molecule has 0 atom stereocenters. The maximum atomic E-state index is 11.9. The van der Waals surface area contributed by atoms with Gasteiger partial charge in [-0.3, -0.25) is 14.7 Å². The highest BCUT2D eigenvalue weighted by Gasteiger charge is 2.20. The molecule has 0 saturated carbocycles. The van der Waals surface area contributed by atoms with Crippen molar-refractivity contribution in [2.75, 3.05) is 26.2 Å². The van der Waals surface area contributed by atoms with E-state index < -0.39 is 0 Å². The standard InChI is InChI=1S/C21H21N3O5S/c1-12(25)24(21(22)30)16-6-5-13(9-18(16)26-2)29-17-7-8-23-15-11-20(28-4)19(27-3)10-14(15)17/h5-11H,1-4H3,(H2,22,30). The van der Waals surface area contributed by atoms with Gasteiger partial charge in [0.15, 0.2) is 16.6 Å². The van der Waals surface area contributed by atoms with E-state index in [1.54, 1.807) is 56.8 Å². The summed E-state index contributed by atoms with van der Waals surface area (Å²) in [5.74, 6) is 2.24. The molecule has 0 spiro atoms. The van der Waals surface area contributed by atoms with E-state index in [2.05, 4.69) is 4.98 Å². The summed E-state index contributed by atoms with van der Waals surface area (Å²) in [6.07, 6.45) is 1.64. The number of anilines is 1. The van der Waals surface area contributed by atoms with Gasteiger partial charge in [0, 0.05) is 30.6 Å². The van der Waals surface area contributed by atoms with Crippen molar-refractivity contribution >= 4 is 39.8 Å². The molecule has 3 rings (SSSR count). The smallest absolute Gasteiger partial charge is 0.230 e. The molecule has 1 amide bonds. The zero-order valence-electron chi connectivity index (χ0n) is 17.0. The summed E-state index contributed by atoms with van der Waals surface area (Å²) in [6, 6.07) is 10.3. The number of nitrogens with zero attached hydrogens (tertiary/aromatic N) is 2. The molecule has 0 unspecified atom stereocenters. The summed E-state index contributed by atoms with van der Waals surface area (Å²) in [5.41, 5.74) is 6.80. The number of benzene rings is 2. The molecule has 0 aliphatic carbocycles. The number of aromatic nitrogens is 1. The monoisotopic (exact) mass is 427 g/mol. The minimum Gasteiger partial charge on any atom is -0.494 e. The number of rotatable bonds is 6. The number of fused-ring (bicyclic) bond motifs is 1. The number of carbonyl (C=O) groups excluding carboxylic acids is 1. The molecule has 0 radical (unpaired) electrons. The predicted octanol–water partition coefficient (Wildman–Crippen LogP) is 3.65. The number of carbonyl (C=O) groups is 1. The Labute approximate surface area is 179 Å². The molecule has 3 aromatic rings. The van der Waals surface area contributed by atoms with Crippen molar-refractivity contribution in [1.82, 2.24) is 4.98 Å². The van der Waals surface area contributed by atoms with Crippen molar-refractivity contribution in [3.63, 3.8) is 0 Å². The lowest BCUT2D eigenvalue weighted by Gasteiger charge is -2.22. The Morgan fingerprint density at radius 1 is 0.967 bits per heavy atom. The number of ether oxygens (including phenoxy) is 4. The van der Waals surface area contributed by atoms with Crippen LogP contribution in [0, 0.1) is 0 Å². The third-order valence-electron chi connectivity index (χ3n) is 4.36. The maximum Gasteiger partial charge on any atom is 0.230 e. The molecular weight excluding hydrogens is 406 g/mol. The summed E-state index contributed by atoms with van der Waals surface area (Å²) in [4.78, 5) is 17.5. The number of hydrogen-bond acceptors (Lipinski definition) is 7. The van der Waals surface area contributed by atoms with Crippen LogP contribution in [0.25, 0.3) is 10.9 Å². The fourth-order valence-electron chi connectivity index (χ4n) is 3.01. The van der Waals surface area contributed by atoms with E-state index in [0.717, 1.165) is 5.39 Å². The number of hydrogen-bond donors (Lipinski definition) is 1. The fraction of sp³-hybridized carbons (Fsp3) is 0.190. The molecule has 0 aliphatic heterocycles.